The van der Waals surface area contributed by atoms with E-state index in [2.05, 4.69) is 4.98 Å². The van der Waals surface area contributed by atoms with Gasteiger partial charge in [0.25, 0.3) is 5.91 Å². The van der Waals surface area contributed by atoms with Crippen molar-refractivity contribution in [2.24, 2.45) is 5.73 Å². The molecule has 0 fully saturated rings. The van der Waals surface area contributed by atoms with E-state index in [0.29, 0.717) is 0 Å². The maximum absolute atomic E-state index is 12.3. The maximum atomic E-state index is 12.3. The molecule has 0 spiro atoms. The summed E-state index contributed by atoms with van der Waals surface area (Å²) in [6.45, 7) is 0. The highest BCUT2D eigenvalue weighted by molar-refractivity contribution is 14.1. The van der Waals surface area contributed by atoms with Gasteiger partial charge >= 0.3 is 6.18 Å². The molecule has 1 heterocycles. The van der Waals surface area contributed by atoms with Gasteiger partial charge in [-0.3, -0.25) is 4.79 Å². The summed E-state index contributed by atoms with van der Waals surface area (Å²) in [6.07, 6.45) is -4.61. The van der Waals surface area contributed by atoms with Gasteiger partial charge < -0.3 is 5.73 Å². The molecule has 0 radical (unpaired) electrons. The number of aromatic nitrogens is 1. The monoisotopic (exact) mass is 316 g/mol. The van der Waals surface area contributed by atoms with E-state index in [0.717, 1.165) is 12.1 Å². The molecule has 1 aromatic heterocycles. The predicted octanol–water partition coefficient (Wildman–Crippen LogP) is 1.80. The largest absolute Gasteiger partial charge is 0.418 e. The summed E-state index contributed by atoms with van der Waals surface area (Å²) in [5.41, 5.74) is 2.92. The van der Waals surface area contributed by atoms with Crippen LogP contribution in [0.15, 0.2) is 12.1 Å². The van der Waals surface area contributed by atoms with Gasteiger partial charge in [0, 0.05) is 0 Å². The van der Waals surface area contributed by atoms with E-state index in [1.54, 1.807) is 22.6 Å². The fourth-order valence-electron chi connectivity index (χ4n) is 0.852. The summed E-state index contributed by atoms with van der Waals surface area (Å²) < 4.78 is 37.2. The molecule has 0 atom stereocenters. The third kappa shape index (κ3) is 2.34. The topological polar surface area (TPSA) is 56.0 Å². The third-order valence-corrected chi connectivity index (χ3v) is 2.00. The number of carbonyl (C=O) groups excluding carboxylic acids is 1. The molecule has 14 heavy (non-hydrogen) atoms. The van der Waals surface area contributed by atoms with Crippen molar-refractivity contribution < 1.29 is 18.0 Å². The molecular weight excluding hydrogens is 312 g/mol. The molecule has 0 saturated carbocycles. The zero-order valence-corrected chi connectivity index (χ0v) is 8.76. The van der Waals surface area contributed by atoms with Crippen LogP contribution in [0.4, 0.5) is 13.2 Å². The number of hydrogen-bond donors (Lipinski definition) is 1. The van der Waals surface area contributed by atoms with Crippen LogP contribution in [0, 0.1) is 3.70 Å². The van der Waals surface area contributed by atoms with Crippen LogP contribution < -0.4 is 5.73 Å². The molecule has 0 aliphatic rings. The summed E-state index contributed by atoms with van der Waals surface area (Å²) >= 11 is 1.70. The highest BCUT2D eigenvalue weighted by atomic mass is 127. The number of alkyl halides is 3. The second kappa shape index (κ2) is 3.71. The lowest BCUT2D eigenvalue weighted by molar-refractivity contribution is -0.138. The molecule has 0 aromatic carbocycles. The molecule has 0 saturated heterocycles. The van der Waals surface area contributed by atoms with E-state index >= 15 is 0 Å². The van der Waals surface area contributed by atoms with Crippen molar-refractivity contribution in [2.75, 3.05) is 0 Å². The van der Waals surface area contributed by atoms with E-state index < -0.39 is 23.3 Å². The number of nitrogens with two attached hydrogens (primary N) is 1. The molecule has 0 unspecified atom stereocenters. The van der Waals surface area contributed by atoms with Crippen LogP contribution in [0.5, 0.6) is 0 Å². The zero-order chi connectivity index (χ0) is 10.9. The maximum Gasteiger partial charge on any atom is 0.418 e. The number of hydrogen-bond acceptors (Lipinski definition) is 2. The number of rotatable bonds is 1. The molecule has 0 aliphatic heterocycles. The molecule has 2 N–H and O–H groups in total. The molecule has 76 valence electrons. The van der Waals surface area contributed by atoms with Crippen LogP contribution in [0.25, 0.3) is 0 Å². The average Bonchev–Trinajstić information content (AvgIpc) is 2.01. The quantitative estimate of drug-likeness (QED) is 0.634. The van der Waals surface area contributed by atoms with Gasteiger partial charge in [0.1, 0.15) is 9.39 Å². The lowest BCUT2D eigenvalue weighted by Gasteiger charge is -2.09. The second-order valence-electron chi connectivity index (χ2n) is 2.39. The Labute approximate surface area is 90.6 Å². The summed E-state index contributed by atoms with van der Waals surface area (Å²) in [7, 11) is 0. The predicted molar refractivity (Wildman–Crippen MR) is 50.5 cm³/mol. The first kappa shape index (κ1) is 11.2. The summed E-state index contributed by atoms with van der Waals surface area (Å²) in [5.74, 6) is -1.18. The molecular formula is C7H4F3IN2O. The first-order chi connectivity index (χ1) is 6.32. The average molecular weight is 316 g/mol. The second-order valence-corrected chi connectivity index (χ2v) is 3.50. The van der Waals surface area contributed by atoms with Crippen LogP contribution in [-0.2, 0) is 6.18 Å². The van der Waals surface area contributed by atoms with Crippen LogP contribution in [0.3, 0.4) is 0 Å². The Balaban J connectivity index is 3.37. The van der Waals surface area contributed by atoms with Crippen molar-refractivity contribution >= 4 is 28.5 Å². The van der Waals surface area contributed by atoms with E-state index in [9.17, 15) is 18.0 Å². The highest BCUT2D eigenvalue weighted by Crippen LogP contribution is 2.31. The molecule has 0 bridgehead atoms. The highest BCUT2D eigenvalue weighted by Gasteiger charge is 2.35. The van der Waals surface area contributed by atoms with Gasteiger partial charge in [-0.15, -0.1) is 0 Å². The van der Waals surface area contributed by atoms with Crippen LogP contribution in [-0.4, -0.2) is 10.9 Å². The van der Waals surface area contributed by atoms with E-state index in [1.807, 2.05) is 0 Å². The Morgan fingerprint density at radius 3 is 2.43 bits per heavy atom. The minimum Gasteiger partial charge on any atom is -0.364 e. The fraction of sp³-hybridized carbons (Fsp3) is 0.143. The van der Waals surface area contributed by atoms with Gasteiger partial charge in [0.05, 0.1) is 5.56 Å². The Morgan fingerprint density at radius 2 is 2.00 bits per heavy atom. The van der Waals surface area contributed by atoms with Crippen molar-refractivity contribution in [3.8, 4) is 0 Å². The van der Waals surface area contributed by atoms with E-state index in [1.165, 1.54) is 0 Å². The first-order valence-corrected chi connectivity index (χ1v) is 4.44. The minimum atomic E-state index is -4.61. The summed E-state index contributed by atoms with van der Waals surface area (Å²) in [4.78, 5) is 14.1. The molecule has 7 heteroatoms. The molecule has 1 amide bonds. The third-order valence-electron chi connectivity index (χ3n) is 1.40. The normalized spacial score (nSPS) is 11.4. The van der Waals surface area contributed by atoms with Crippen molar-refractivity contribution in [1.82, 2.24) is 4.98 Å². The zero-order valence-electron chi connectivity index (χ0n) is 6.60. The standard InChI is InChI=1S/C7H4F3IN2O/c8-7(9,10)3-1-2-4(11)13-5(3)6(12)14/h1-2H,(H2,12,14). The van der Waals surface area contributed by atoms with Gasteiger partial charge in [0.15, 0.2) is 0 Å². The van der Waals surface area contributed by atoms with Crippen molar-refractivity contribution in [2.45, 2.75) is 6.18 Å². The minimum absolute atomic E-state index is 0.282. The van der Waals surface area contributed by atoms with Crippen molar-refractivity contribution in [3.05, 3.63) is 27.1 Å². The smallest absolute Gasteiger partial charge is 0.364 e. The lowest BCUT2D eigenvalue weighted by Crippen LogP contribution is -2.21. The molecule has 3 nitrogen and oxygen atoms in total. The number of pyridine rings is 1. The Kier molecular flexibility index (Phi) is 2.98. The number of amides is 1. The molecule has 1 aromatic rings. The van der Waals surface area contributed by atoms with Gasteiger partial charge in [-0.25, -0.2) is 4.98 Å². The van der Waals surface area contributed by atoms with Gasteiger partial charge in [-0.05, 0) is 34.7 Å². The summed E-state index contributed by atoms with van der Waals surface area (Å²) in [5, 5.41) is 0. The van der Waals surface area contributed by atoms with Crippen molar-refractivity contribution in [3.63, 3.8) is 0 Å². The van der Waals surface area contributed by atoms with Gasteiger partial charge in [-0.2, -0.15) is 13.2 Å². The number of nitrogens with zero attached hydrogens (tertiary/aromatic N) is 1. The lowest BCUT2D eigenvalue weighted by atomic mass is 10.2. The Morgan fingerprint density at radius 1 is 1.43 bits per heavy atom. The summed E-state index contributed by atoms with van der Waals surface area (Å²) in [6, 6.07) is 1.95. The SMILES string of the molecule is NC(=O)c1nc(I)ccc1C(F)(F)F. The fourth-order valence-corrected chi connectivity index (χ4v) is 1.27. The molecule has 1 rings (SSSR count). The first-order valence-electron chi connectivity index (χ1n) is 3.36. The number of primary amides is 1. The van der Waals surface area contributed by atoms with Gasteiger partial charge in [-0.1, -0.05) is 0 Å². The van der Waals surface area contributed by atoms with Crippen LogP contribution >= 0.6 is 22.6 Å². The van der Waals surface area contributed by atoms with Gasteiger partial charge in [0.2, 0.25) is 0 Å². The Bertz CT molecular complexity index is 378. The molecule has 0 aliphatic carbocycles. The van der Waals surface area contributed by atoms with Crippen LogP contribution in [0.1, 0.15) is 16.1 Å². The van der Waals surface area contributed by atoms with E-state index in [-0.39, 0.29) is 3.70 Å². The Hall–Kier alpha value is -0.860. The van der Waals surface area contributed by atoms with Crippen molar-refractivity contribution in [1.29, 1.82) is 0 Å². The van der Waals surface area contributed by atoms with Crippen LogP contribution in [0.2, 0.25) is 0 Å². The van der Waals surface area contributed by atoms with E-state index in [4.69, 9.17) is 5.73 Å². The number of halogens is 4. The number of carbonyl (C=O) groups is 1.